The molecule has 2 rings (SSSR count). The lowest BCUT2D eigenvalue weighted by Crippen LogP contribution is -1.91. The Labute approximate surface area is 108 Å². The number of nitriles is 1. The van der Waals surface area contributed by atoms with Crippen LogP contribution in [0.5, 0.6) is 0 Å². The fourth-order valence-electron chi connectivity index (χ4n) is 1.81. The zero-order valence-electron chi connectivity index (χ0n) is 7.95. The largest absolute Gasteiger partial charge is 0.303 e. The normalized spacial score (nSPS) is 25.9. The van der Waals surface area contributed by atoms with Crippen molar-refractivity contribution in [1.82, 2.24) is 0 Å². The molecule has 1 aromatic carbocycles. The molecule has 2 atom stereocenters. The molecule has 82 valence electrons. The maximum Gasteiger partial charge on any atom is 0.136 e. The van der Waals surface area contributed by atoms with Gasteiger partial charge in [0.05, 0.1) is 17.6 Å². The Bertz CT molecular complexity index is 492. The van der Waals surface area contributed by atoms with Gasteiger partial charge < -0.3 is 4.79 Å². The molecule has 0 aromatic heterocycles. The second kappa shape index (κ2) is 3.92. The minimum atomic E-state index is -1.07. The van der Waals surface area contributed by atoms with Crippen molar-refractivity contribution < 1.29 is 4.79 Å². The van der Waals surface area contributed by atoms with Crippen LogP contribution in [0, 0.1) is 17.2 Å². The van der Waals surface area contributed by atoms with Crippen LogP contribution in [0.15, 0.2) is 18.2 Å². The summed E-state index contributed by atoms with van der Waals surface area (Å²) in [6, 6.07) is 6.87. The Balaban J connectivity index is 2.40. The molecule has 5 heteroatoms. The summed E-state index contributed by atoms with van der Waals surface area (Å²) < 4.78 is -1.07. The Morgan fingerprint density at radius 3 is 2.56 bits per heavy atom. The van der Waals surface area contributed by atoms with Gasteiger partial charge in [-0.2, -0.15) is 5.26 Å². The smallest absolute Gasteiger partial charge is 0.136 e. The van der Waals surface area contributed by atoms with E-state index in [1.807, 2.05) is 6.07 Å². The third-order valence-electron chi connectivity index (χ3n) is 2.66. The van der Waals surface area contributed by atoms with Crippen molar-refractivity contribution in [3.8, 4) is 6.07 Å². The van der Waals surface area contributed by atoms with E-state index in [0.717, 1.165) is 11.8 Å². The molecule has 0 saturated heterocycles. The fourth-order valence-corrected chi connectivity index (χ4v) is 2.80. The van der Waals surface area contributed by atoms with Crippen LogP contribution in [0.3, 0.4) is 0 Å². The van der Waals surface area contributed by atoms with E-state index in [1.54, 1.807) is 18.2 Å². The van der Waals surface area contributed by atoms with Gasteiger partial charge in [-0.1, -0.05) is 11.6 Å². The van der Waals surface area contributed by atoms with E-state index in [-0.39, 0.29) is 5.92 Å². The number of nitrogens with zero attached hydrogens (tertiary/aromatic N) is 1. The number of hydrogen-bond acceptors (Lipinski definition) is 2. The Morgan fingerprint density at radius 1 is 1.38 bits per heavy atom. The van der Waals surface area contributed by atoms with Gasteiger partial charge >= 0.3 is 0 Å². The molecule has 1 aromatic rings. The van der Waals surface area contributed by atoms with Gasteiger partial charge in [-0.05, 0) is 23.8 Å². The van der Waals surface area contributed by atoms with E-state index < -0.39 is 10.3 Å². The second-order valence-electron chi connectivity index (χ2n) is 3.70. The molecule has 1 fully saturated rings. The standard InChI is InChI=1S/C11H6Cl3NO/c12-8-2-6(4-15)1-7(3-8)10-9(5-16)11(10,13)14/h1-3,5,9-10H. The third-order valence-corrected chi connectivity index (χ3v) is 3.86. The Morgan fingerprint density at radius 2 is 2.06 bits per heavy atom. The van der Waals surface area contributed by atoms with Crippen molar-refractivity contribution in [1.29, 1.82) is 5.26 Å². The van der Waals surface area contributed by atoms with Crippen molar-refractivity contribution in [2.75, 3.05) is 0 Å². The molecule has 0 aliphatic heterocycles. The molecular formula is C11H6Cl3NO. The molecule has 0 bridgehead atoms. The van der Waals surface area contributed by atoms with Crippen LogP contribution in [0.25, 0.3) is 0 Å². The van der Waals surface area contributed by atoms with E-state index >= 15 is 0 Å². The van der Waals surface area contributed by atoms with E-state index in [9.17, 15) is 4.79 Å². The quantitative estimate of drug-likeness (QED) is 0.613. The Kier molecular flexibility index (Phi) is 2.88. The van der Waals surface area contributed by atoms with Crippen LogP contribution in [-0.2, 0) is 4.79 Å². The topological polar surface area (TPSA) is 40.9 Å². The van der Waals surface area contributed by atoms with E-state index in [4.69, 9.17) is 40.1 Å². The SMILES string of the molecule is N#Cc1cc(Cl)cc(C2C(C=O)C2(Cl)Cl)c1. The van der Waals surface area contributed by atoms with Crippen molar-refractivity contribution in [2.45, 2.75) is 10.3 Å². The number of aldehydes is 1. The van der Waals surface area contributed by atoms with Crippen LogP contribution >= 0.6 is 34.8 Å². The van der Waals surface area contributed by atoms with Gasteiger partial charge in [-0.15, -0.1) is 23.2 Å². The first-order chi connectivity index (χ1) is 7.50. The number of halogens is 3. The fraction of sp³-hybridized carbons (Fsp3) is 0.273. The summed E-state index contributed by atoms with van der Waals surface area (Å²) in [6.45, 7) is 0. The van der Waals surface area contributed by atoms with Gasteiger partial charge in [-0.25, -0.2) is 0 Å². The first-order valence-electron chi connectivity index (χ1n) is 4.54. The maximum absolute atomic E-state index is 10.7. The van der Waals surface area contributed by atoms with Gasteiger partial charge in [0.2, 0.25) is 0 Å². The summed E-state index contributed by atoms with van der Waals surface area (Å²) in [5.74, 6) is -0.708. The van der Waals surface area contributed by atoms with Crippen molar-refractivity contribution in [3.05, 3.63) is 34.3 Å². The highest BCUT2D eigenvalue weighted by atomic mass is 35.5. The highest BCUT2D eigenvalue weighted by Gasteiger charge is 2.64. The Hall–Kier alpha value is -0.750. The summed E-state index contributed by atoms with van der Waals surface area (Å²) in [5.41, 5.74) is 1.16. The van der Waals surface area contributed by atoms with Crippen molar-refractivity contribution >= 4 is 41.1 Å². The summed E-state index contributed by atoms with van der Waals surface area (Å²) in [4.78, 5) is 10.7. The molecule has 0 amide bonds. The average molecular weight is 275 g/mol. The van der Waals surface area contributed by atoms with Gasteiger partial charge in [0, 0.05) is 10.9 Å². The maximum atomic E-state index is 10.7. The molecule has 0 N–H and O–H groups in total. The molecule has 1 saturated carbocycles. The zero-order valence-corrected chi connectivity index (χ0v) is 10.2. The van der Waals surface area contributed by atoms with Crippen LogP contribution < -0.4 is 0 Å². The molecular weight excluding hydrogens is 268 g/mol. The lowest BCUT2D eigenvalue weighted by atomic mass is 10.1. The number of rotatable bonds is 2. The zero-order chi connectivity index (χ0) is 11.9. The number of carbonyl (C=O) groups excluding carboxylic acids is 1. The number of hydrogen-bond donors (Lipinski definition) is 0. The molecule has 1 aliphatic rings. The lowest BCUT2D eigenvalue weighted by Gasteiger charge is -2.02. The van der Waals surface area contributed by atoms with Crippen LogP contribution in [0.4, 0.5) is 0 Å². The number of carbonyl (C=O) groups is 1. The van der Waals surface area contributed by atoms with Gasteiger partial charge in [0.15, 0.2) is 0 Å². The average Bonchev–Trinajstić information content (AvgIpc) is 2.79. The first-order valence-corrected chi connectivity index (χ1v) is 5.67. The lowest BCUT2D eigenvalue weighted by molar-refractivity contribution is -0.108. The van der Waals surface area contributed by atoms with Crippen molar-refractivity contribution in [3.63, 3.8) is 0 Å². The highest BCUT2D eigenvalue weighted by Crippen LogP contribution is 2.64. The monoisotopic (exact) mass is 273 g/mol. The van der Waals surface area contributed by atoms with Crippen LogP contribution in [-0.4, -0.2) is 10.6 Å². The number of benzene rings is 1. The molecule has 2 nitrogen and oxygen atoms in total. The molecule has 0 radical (unpaired) electrons. The summed E-state index contributed by atoms with van der Waals surface area (Å²) in [7, 11) is 0. The second-order valence-corrected chi connectivity index (χ2v) is 5.58. The van der Waals surface area contributed by atoms with Crippen LogP contribution in [0.1, 0.15) is 17.0 Å². The summed E-state index contributed by atoms with van der Waals surface area (Å²) in [6.07, 6.45) is 0.734. The van der Waals surface area contributed by atoms with Crippen molar-refractivity contribution in [2.24, 2.45) is 5.92 Å². The molecule has 16 heavy (non-hydrogen) atoms. The summed E-state index contributed by atoms with van der Waals surface area (Å²) >= 11 is 17.8. The van der Waals surface area contributed by atoms with Gasteiger partial charge in [0.1, 0.15) is 10.6 Å². The van der Waals surface area contributed by atoms with Gasteiger partial charge in [0.25, 0.3) is 0 Å². The minimum absolute atomic E-state index is 0.279. The molecule has 0 spiro atoms. The predicted molar refractivity (Wildman–Crippen MR) is 62.9 cm³/mol. The summed E-state index contributed by atoms with van der Waals surface area (Å²) in [5, 5.41) is 9.24. The molecule has 0 heterocycles. The first kappa shape index (κ1) is 11.7. The predicted octanol–water partition coefficient (Wildman–Crippen LogP) is 3.30. The highest BCUT2D eigenvalue weighted by molar-refractivity contribution is 6.53. The van der Waals surface area contributed by atoms with Gasteiger partial charge in [-0.3, -0.25) is 0 Å². The third kappa shape index (κ3) is 1.80. The van der Waals surface area contributed by atoms with Crippen LogP contribution in [0.2, 0.25) is 5.02 Å². The molecule has 1 aliphatic carbocycles. The number of alkyl halides is 2. The van der Waals surface area contributed by atoms with E-state index in [2.05, 4.69) is 0 Å². The minimum Gasteiger partial charge on any atom is -0.303 e. The van der Waals surface area contributed by atoms with E-state index in [0.29, 0.717) is 10.6 Å². The van der Waals surface area contributed by atoms with E-state index in [1.165, 1.54) is 0 Å². The molecule has 2 unspecified atom stereocenters.